The lowest BCUT2D eigenvalue weighted by molar-refractivity contribution is 0.577. The molecule has 0 unspecified atom stereocenters. The van der Waals surface area contributed by atoms with Crippen molar-refractivity contribution in [3.8, 4) is 0 Å². The van der Waals surface area contributed by atoms with Crippen LogP contribution in [0.3, 0.4) is 0 Å². The summed E-state index contributed by atoms with van der Waals surface area (Å²) in [6, 6.07) is 0. The Kier molecular flexibility index (Phi) is 6.67. The maximum atomic E-state index is 12.1. The molecule has 1 heterocycles. The van der Waals surface area contributed by atoms with E-state index in [1.54, 1.807) is 16.4 Å². The second-order valence-electron chi connectivity index (χ2n) is 4.24. The number of sulfonamides is 1. The zero-order valence-corrected chi connectivity index (χ0v) is 13.1. The lowest BCUT2D eigenvalue weighted by Gasteiger charge is -2.04. The predicted molar refractivity (Wildman–Crippen MR) is 79.7 cm³/mol. The number of nitrogens with zero attached hydrogens (tertiary/aromatic N) is 2. The third-order valence-electron chi connectivity index (χ3n) is 2.56. The molecule has 0 aliphatic heterocycles. The van der Waals surface area contributed by atoms with Gasteiger partial charge < -0.3 is 5.73 Å². The molecule has 0 saturated heterocycles. The molecule has 19 heavy (non-hydrogen) atoms. The van der Waals surface area contributed by atoms with Crippen molar-refractivity contribution in [3.05, 3.63) is 6.20 Å². The van der Waals surface area contributed by atoms with Gasteiger partial charge in [0.1, 0.15) is 4.90 Å². The summed E-state index contributed by atoms with van der Waals surface area (Å²) in [6.07, 6.45) is 6.22. The van der Waals surface area contributed by atoms with Gasteiger partial charge in [-0.2, -0.15) is 16.9 Å². The number of anilines is 1. The molecule has 0 fully saturated rings. The highest BCUT2D eigenvalue weighted by molar-refractivity contribution is 7.98. The standard InChI is InChI=1S/C11H22N4O2S2/c1-3-7-15-9-10(11(12)14-15)19(16,17)13-6-4-5-8-18-2/h9,13H,3-8H2,1-2H3,(H2,12,14). The highest BCUT2D eigenvalue weighted by Crippen LogP contribution is 2.16. The molecule has 6 nitrogen and oxygen atoms in total. The Balaban J connectivity index is 2.61. The van der Waals surface area contributed by atoms with Crippen molar-refractivity contribution in [2.24, 2.45) is 0 Å². The lowest BCUT2D eigenvalue weighted by Crippen LogP contribution is -2.25. The van der Waals surface area contributed by atoms with Gasteiger partial charge in [-0.15, -0.1) is 0 Å². The van der Waals surface area contributed by atoms with Crippen molar-refractivity contribution in [2.75, 3.05) is 24.3 Å². The SMILES string of the molecule is CCCn1cc(S(=O)(=O)NCCCCSC)c(N)n1. The molecule has 1 aromatic rings. The van der Waals surface area contributed by atoms with Crippen molar-refractivity contribution in [1.82, 2.24) is 14.5 Å². The van der Waals surface area contributed by atoms with Gasteiger partial charge in [-0.05, 0) is 31.3 Å². The van der Waals surface area contributed by atoms with Crippen LogP contribution in [0.2, 0.25) is 0 Å². The van der Waals surface area contributed by atoms with Crippen LogP contribution in [-0.4, -0.2) is 36.8 Å². The summed E-state index contributed by atoms with van der Waals surface area (Å²) in [4.78, 5) is 0.0748. The molecule has 1 aromatic heterocycles. The smallest absolute Gasteiger partial charge is 0.245 e. The van der Waals surface area contributed by atoms with Crippen molar-refractivity contribution in [1.29, 1.82) is 0 Å². The third-order valence-corrected chi connectivity index (χ3v) is 4.74. The van der Waals surface area contributed by atoms with Crippen molar-refractivity contribution < 1.29 is 8.42 Å². The zero-order valence-electron chi connectivity index (χ0n) is 11.4. The lowest BCUT2D eigenvalue weighted by atomic mass is 10.3. The average Bonchev–Trinajstić information content (AvgIpc) is 2.71. The van der Waals surface area contributed by atoms with Crippen LogP contribution in [-0.2, 0) is 16.6 Å². The average molecular weight is 306 g/mol. The molecular weight excluding hydrogens is 284 g/mol. The maximum Gasteiger partial charge on any atom is 0.245 e. The minimum atomic E-state index is -3.54. The number of thioether (sulfide) groups is 1. The summed E-state index contributed by atoms with van der Waals surface area (Å²) in [7, 11) is -3.54. The van der Waals surface area contributed by atoms with Crippen molar-refractivity contribution in [2.45, 2.75) is 37.6 Å². The number of hydrogen-bond acceptors (Lipinski definition) is 5. The fraction of sp³-hybridized carbons (Fsp3) is 0.727. The molecule has 0 saturated carbocycles. The molecule has 0 atom stereocenters. The molecule has 110 valence electrons. The number of unbranched alkanes of at least 4 members (excludes halogenated alkanes) is 1. The van der Waals surface area contributed by atoms with Gasteiger partial charge in [0.25, 0.3) is 0 Å². The van der Waals surface area contributed by atoms with Gasteiger partial charge in [0.05, 0.1) is 0 Å². The first-order valence-electron chi connectivity index (χ1n) is 6.32. The number of rotatable bonds is 9. The Morgan fingerprint density at radius 1 is 1.47 bits per heavy atom. The Morgan fingerprint density at radius 2 is 2.21 bits per heavy atom. The van der Waals surface area contributed by atoms with E-state index >= 15 is 0 Å². The second-order valence-corrected chi connectivity index (χ2v) is 6.96. The normalized spacial score (nSPS) is 11.9. The second kappa shape index (κ2) is 7.76. The molecule has 1 rings (SSSR count). The molecule has 0 aromatic carbocycles. The minimum absolute atomic E-state index is 0.0602. The first-order chi connectivity index (χ1) is 9.01. The first-order valence-corrected chi connectivity index (χ1v) is 9.20. The van der Waals surface area contributed by atoms with Crippen molar-refractivity contribution >= 4 is 27.6 Å². The molecule has 0 bridgehead atoms. The fourth-order valence-corrected chi connectivity index (χ4v) is 3.26. The summed E-state index contributed by atoms with van der Waals surface area (Å²) in [5.41, 5.74) is 5.66. The summed E-state index contributed by atoms with van der Waals surface area (Å²) < 4.78 is 28.2. The first kappa shape index (κ1) is 16.3. The largest absolute Gasteiger partial charge is 0.381 e. The van der Waals surface area contributed by atoms with Gasteiger partial charge in [-0.3, -0.25) is 4.68 Å². The zero-order chi connectivity index (χ0) is 14.3. The van der Waals surface area contributed by atoms with E-state index in [0.717, 1.165) is 25.0 Å². The van der Waals surface area contributed by atoms with Crippen LogP contribution >= 0.6 is 11.8 Å². The van der Waals surface area contributed by atoms with Gasteiger partial charge in [0.2, 0.25) is 10.0 Å². The molecule has 0 aliphatic carbocycles. The van der Waals surface area contributed by atoms with Crippen LogP contribution in [0.25, 0.3) is 0 Å². The van der Waals surface area contributed by atoms with E-state index in [9.17, 15) is 8.42 Å². The van der Waals surface area contributed by atoms with E-state index in [1.807, 2.05) is 13.2 Å². The Morgan fingerprint density at radius 3 is 2.84 bits per heavy atom. The van der Waals surface area contributed by atoms with Crippen LogP contribution in [0.15, 0.2) is 11.1 Å². The van der Waals surface area contributed by atoms with Crippen LogP contribution in [0.5, 0.6) is 0 Å². The number of aromatic nitrogens is 2. The van der Waals surface area contributed by atoms with Crippen LogP contribution in [0.4, 0.5) is 5.82 Å². The van der Waals surface area contributed by atoms with Gasteiger partial charge >= 0.3 is 0 Å². The summed E-state index contributed by atoms with van der Waals surface area (Å²) in [5, 5.41) is 4.00. The number of nitrogen functional groups attached to an aromatic ring is 1. The Labute approximate surface area is 119 Å². The maximum absolute atomic E-state index is 12.1. The number of aryl methyl sites for hydroxylation is 1. The summed E-state index contributed by atoms with van der Waals surface area (Å²) in [5.74, 6) is 1.10. The quantitative estimate of drug-likeness (QED) is 0.671. The van der Waals surface area contributed by atoms with Crippen LogP contribution in [0.1, 0.15) is 26.2 Å². The van der Waals surface area contributed by atoms with E-state index in [4.69, 9.17) is 5.73 Å². The molecule has 8 heteroatoms. The van der Waals surface area contributed by atoms with Gasteiger partial charge in [0.15, 0.2) is 5.82 Å². The minimum Gasteiger partial charge on any atom is -0.381 e. The topological polar surface area (TPSA) is 90.0 Å². The van der Waals surface area contributed by atoms with Gasteiger partial charge in [-0.25, -0.2) is 13.1 Å². The van der Waals surface area contributed by atoms with Gasteiger partial charge in [0, 0.05) is 19.3 Å². The fourth-order valence-electron chi connectivity index (χ4n) is 1.62. The Bertz CT molecular complexity index is 485. The molecular formula is C11H22N4O2S2. The molecule has 0 aliphatic rings. The molecule has 3 N–H and O–H groups in total. The third kappa shape index (κ3) is 5.04. The summed E-state index contributed by atoms with van der Waals surface area (Å²) >= 11 is 1.76. The highest BCUT2D eigenvalue weighted by atomic mass is 32.2. The van der Waals surface area contributed by atoms with Crippen molar-refractivity contribution in [3.63, 3.8) is 0 Å². The van der Waals surface area contributed by atoms with E-state index < -0.39 is 10.0 Å². The van der Waals surface area contributed by atoms with E-state index in [-0.39, 0.29) is 10.7 Å². The highest BCUT2D eigenvalue weighted by Gasteiger charge is 2.20. The van der Waals surface area contributed by atoms with Gasteiger partial charge in [-0.1, -0.05) is 6.92 Å². The van der Waals surface area contributed by atoms with Crippen LogP contribution in [0, 0.1) is 0 Å². The number of nitrogens with one attached hydrogen (secondary N) is 1. The van der Waals surface area contributed by atoms with E-state index in [0.29, 0.717) is 13.1 Å². The van der Waals surface area contributed by atoms with E-state index in [2.05, 4.69) is 9.82 Å². The van der Waals surface area contributed by atoms with Crippen LogP contribution < -0.4 is 10.5 Å². The van der Waals surface area contributed by atoms with E-state index in [1.165, 1.54) is 6.20 Å². The monoisotopic (exact) mass is 306 g/mol. The number of hydrogen-bond donors (Lipinski definition) is 2. The predicted octanol–water partition coefficient (Wildman–Crippen LogP) is 1.30. The Hall–Kier alpha value is -0.730. The molecule has 0 radical (unpaired) electrons. The molecule has 0 amide bonds. The number of nitrogens with two attached hydrogens (primary N) is 1. The molecule has 0 spiro atoms. The summed E-state index contributed by atoms with van der Waals surface area (Å²) in [6.45, 7) is 3.09.